The molecule has 1 saturated heterocycles. The van der Waals surface area contributed by atoms with E-state index in [0.717, 1.165) is 23.2 Å². The molecule has 1 aliphatic heterocycles. The van der Waals surface area contributed by atoms with Crippen molar-refractivity contribution in [3.05, 3.63) is 54.7 Å². The van der Waals surface area contributed by atoms with Crippen LogP contribution in [-0.4, -0.2) is 46.3 Å². The highest BCUT2D eigenvalue weighted by atomic mass is 16.8. The van der Waals surface area contributed by atoms with Gasteiger partial charge in [-0.05, 0) is 62.7 Å². The number of hydrogen-bond donors (Lipinski definition) is 0. The number of hydrogen-bond acceptors (Lipinski definition) is 8. The molecule has 0 N–H and O–H groups in total. The monoisotopic (exact) mass is 505 g/mol. The van der Waals surface area contributed by atoms with Crippen molar-refractivity contribution in [2.45, 2.75) is 71.2 Å². The summed E-state index contributed by atoms with van der Waals surface area (Å²) in [6, 6.07) is 14.7. The fourth-order valence-electron chi connectivity index (χ4n) is 4.00. The van der Waals surface area contributed by atoms with Crippen LogP contribution in [0.3, 0.4) is 0 Å². The Labute approximate surface area is 218 Å². The molecule has 0 aliphatic carbocycles. The number of esters is 1. The third kappa shape index (κ3) is 7.81. The Balaban J connectivity index is 1.27. The van der Waals surface area contributed by atoms with Crippen molar-refractivity contribution in [1.82, 2.24) is 15.2 Å². The van der Waals surface area contributed by atoms with Crippen LogP contribution in [0, 0.1) is 0 Å². The molecule has 3 aromatic rings. The van der Waals surface area contributed by atoms with Crippen molar-refractivity contribution in [1.29, 1.82) is 0 Å². The first-order chi connectivity index (χ1) is 17.9. The molecule has 196 valence electrons. The number of pyridine rings is 1. The molecule has 1 fully saturated rings. The van der Waals surface area contributed by atoms with Gasteiger partial charge in [0.1, 0.15) is 5.75 Å². The lowest BCUT2D eigenvalue weighted by Crippen LogP contribution is -2.30. The van der Waals surface area contributed by atoms with Crippen LogP contribution in [0.25, 0.3) is 22.5 Å². The molecule has 1 atom stereocenters. The van der Waals surface area contributed by atoms with Crippen LogP contribution in [0.5, 0.6) is 11.6 Å². The first-order valence-corrected chi connectivity index (χ1v) is 13.0. The van der Waals surface area contributed by atoms with E-state index in [1.807, 2.05) is 36.4 Å². The van der Waals surface area contributed by atoms with Crippen molar-refractivity contribution < 1.29 is 23.7 Å². The zero-order valence-electron chi connectivity index (χ0n) is 21.8. The Kier molecular flexibility index (Phi) is 9.19. The first-order valence-electron chi connectivity index (χ1n) is 13.0. The van der Waals surface area contributed by atoms with E-state index in [-0.39, 0.29) is 6.61 Å². The van der Waals surface area contributed by atoms with Gasteiger partial charge in [0, 0.05) is 23.4 Å². The third-order valence-corrected chi connectivity index (χ3v) is 6.08. The van der Waals surface area contributed by atoms with E-state index in [4.69, 9.17) is 18.9 Å². The molecule has 0 unspecified atom stereocenters. The Hall–Kier alpha value is -3.36. The summed E-state index contributed by atoms with van der Waals surface area (Å²) in [4.78, 5) is 16.7. The quantitative estimate of drug-likeness (QED) is 0.168. The maximum absolute atomic E-state index is 12.3. The van der Waals surface area contributed by atoms with E-state index in [9.17, 15) is 4.79 Å². The van der Waals surface area contributed by atoms with E-state index in [0.29, 0.717) is 23.9 Å². The Morgan fingerprint density at radius 1 is 0.919 bits per heavy atom. The number of carbonyl (C=O) groups excluding carboxylic acids is 1. The highest BCUT2D eigenvalue weighted by molar-refractivity contribution is 5.78. The van der Waals surface area contributed by atoms with E-state index >= 15 is 0 Å². The van der Waals surface area contributed by atoms with E-state index in [2.05, 4.69) is 22.1 Å². The predicted molar refractivity (Wildman–Crippen MR) is 140 cm³/mol. The highest BCUT2D eigenvalue weighted by Crippen LogP contribution is 2.26. The van der Waals surface area contributed by atoms with Gasteiger partial charge >= 0.3 is 5.97 Å². The molecule has 0 saturated carbocycles. The number of aromatic nitrogens is 3. The van der Waals surface area contributed by atoms with Crippen LogP contribution >= 0.6 is 0 Å². The van der Waals surface area contributed by atoms with Crippen LogP contribution in [0.15, 0.2) is 54.7 Å². The summed E-state index contributed by atoms with van der Waals surface area (Å²) in [6.45, 7) is 6.62. The molecule has 0 radical (unpaired) electrons. The van der Waals surface area contributed by atoms with E-state index in [1.54, 1.807) is 32.2 Å². The molecule has 2 aromatic heterocycles. The predicted octanol–water partition coefficient (Wildman–Crippen LogP) is 6.00. The van der Waals surface area contributed by atoms with Crippen molar-refractivity contribution in [2.75, 3.05) is 13.2 Å². The largest absolute Gasteiger partial charge is 0.478 e. The normalized spacial score (nSPS) is 16.5. The number of carbonyl (C=O) groups is 1. The van der Waals surface area contributed by atoms with E-state index in [1.165, 1.54) is 32.1 Å². The Morgan fingerprint density at radius 3 is 2.22 bits per heavy atom. The molecular weight excluding hydrogens is 470 g/mol. The summed E-state index contributed by atoms with van der Waals surface area (Å²) in [6.07, 6.45) is 8.40. The third-order valence-electron chi connectivity index (χ3n) is 6.08. The lowest BCUT2D eigenvalue weighted by molar-refractivity contribution is -0.162. The molecule has 0 amide bonds. The number of unbranched alkanes of at least 4 members (excludes halogenated alkanes) is 5. The zero-order chi connectivity index (χ0) is 26.1. The van der Waals surface area contributed by atoms with Crippen LogP contribution in [-0.2, 0) is 14.3 Å². The van der Waals surface area contributed by atoms with Crippen molar-refractivity contribution in [3.8, 4) is 34.1 Å². The lowest BCUT2D eigenvalue weighted by Gasteiger charge is -2.16. The molecule has 4 rings (SSSR count). The van der Waals surface area contributed by atoms with Crippen molar-refractivity contribution >= 4 is 5.97 Å². The second-order valence-corrected chi connectivity index (χ2v) is 9.57. The van der Waals surface area contributed by atoms with Gasteiger partial charge < -0.3 is 18.9 Å². The Bertz CT molecular complexity index is 1130. The van der Waals surface area contributed by atoms with E-state index < -0.39 is 17.9 Å². The summed E-state index contributed by atoms with van der Waals surface area (Å²) in [5, 5.41) is 8.71. The summed E-state index contributed by atoms with van der Waals surface area (Å²) >= 11 is 0. The fourth-order valence-corrected chi connectivity index (χ4v) is 4.00. The maximum Gasteiger partial charge on any atom is 0.343 e. The number of benzene rings is 1. The standard InChI is InChI=1S/C29H35N3O5/c1-4-5-6-7-8-9-18-34-27-17-12-22(19-30-27)25-16-15-24(31-32-25)21-10-13-23(14-11-21)36-28(33)26-20-35-29(2,3)37-26/h10-17,19,26H,4-9,18,20H2,1-3H3/t26-/m1/s1. The molecule has 0 bridgehead atoms. The van der Waals surface area contributed by atoms with Gasteiger partial charge in [-0.15, -0.1) is 10.2 Å². The van der Waals surface area contributed by atoms with Gasteiger partial charge in [0.2, 0.25) is 5.88 Å². The van der Waals surface area contributed by atoms with Gasteiger partial charge in [0.25, 0.3) is 0 Å². The minimum Gasteiger partial charge on any atom is -0.478 e. The average Bonchev–Trinajstić information content (AvgIpc) is 3.29. The number of rotatable bonds is 12. The van der Waals surface area contributed by atoms with Crippen LogP contribution in [0.2, 0.25) is 0 Å². The molecule has 37 heavy (non-hydrogen) atoms. The van der Waals surface area contributed by atoms with Gasteiger partial charge in [-0.3, -0.25) is 0 Å². The second kappa shape index (κ2) is 12.7. The summed E-state index contributed by atoms with van der Waals surface area (Å²) < 4.78 is 22.1. The summed E-state index contributed by atoms with van der Waals surface area (Å²) in [7, 11) is 0. The van der Waals surface area contributed by atoms with Crippen LogP contribution < -0.4 is 9.47 Å². The van der Waals surface area contributed by atoms with Crippen molar-refractivity contribution in [3.63, 3.8) is 0 Å². The average molecular weight is 506 g/mol. The summed E-state index contributed by atoms with van der Waals surface area (Å²) in [5.74, 6) is -0.206. The van der Waals surface area contributed by atoms with Gasteiger partial charge in [0.05, 0.1) is 24.6 Å². The van der Waals surface area contributed by atoms with Crippen molar-refractivity contribution in [2.24, 2.45) is 0 Å². The van der Waals surface area contributed by atoms with Gasteiger partial charge in [0.15, 0.2) is 11.9 Å². The number of nitrogens with zero attached hydrogens (tertiary/aromatic N) is 3. The molecular formula is C29H35N3O5. The minimum atomic E-state index is -0.780. The molecule has 8 nitrogen and oxygen atoms in total. The minimum absolute atomic E-state index is 0.177. The van der Waals surface area contributed by atoms with Crippen LogP contribution in [0.1, 0.15) is 59.3 Å². The number of ether oxygens (including phenoxy) is 4. The fraction of sp³-hybridized carbons (Fsp3) is 0.448. The molecule has 1 aliphatic rings. The smallest absolute Gasteiger partial charge is 0.343 e. The molecule has 3 heterocycles. The molecule has 8 heteroatoms. The SMILES string of the molecule is CCCCCCCCOc1ccc(-c2ccc(-c3ccc(OC(=O)[C@H]4COC(C)(C)O4)cc3)nn2)cn1. The maximum atomic E-state index is 12.3. The first kappa shape index (κ1) is 26.7. The molecule has 1 aromatic carbocycles. The topological polar surface area (TPSA) is 92.7 Å². The lowest BCUT2D eigenvalue weighted by atomic mass is 10.1. The second-order valence-electron chi connectivity index (χ2n) is 9.57. The van der Waals surface area contributed by atoms with Crippen LogP contribution in [0.4, 0.5) is 0 Å². The van der Waals surface area contributed by atoms with Gasteiger partial charge in [-0.25, -0.2) is 9.78 Å². The zero-order valence-corrected chi connectivity index (χ0v) is 21.8. The molecule has 0 spiro atoms. The van der Waals surface area contributed by atoms with Gasteiger partial charge in [-0.2, -0.15) is 0 Å². The highest BCUT2D eigenvalue weighted by Gasteiger charge is 2.38. The van der Waals surface area contributed by atoms with Gasteiger partial charge in [-0.1, -0.05) is 39.0 Å². The summed E-state index contributed by atoms with van der Waals surface area (Å²) in [5.41, 5.74) is 3.17. The Morgan fingerprint density at radius 2 is 1.59 bits per heavy atom.